The second kappa shape index (κ2) is 7.82. The molecule has 0 aliphatic heterocycles. The Morgan fingerprint density at radius 3 is 2.67 bits per heavy atom. The summed E-state index contributed by atoms with van der Waals surface area (Å²) in [5.74, 6) is 4.23. The summed E-state index contributed by atoms with van der Waals surface area (Å²) in [5.41, 5.74) is 2.55. The molecule has 1 nitrogen and oxygen atoms in total. The van der Waals surface area contributed by atoms with Crippen LogP contribution in [0.2, 0.25) is 0 Å². The van der Waals surface area contributed by atoms with Crippen molar-refractivity contribution in [2.24, 2.45) is 0 Å². The summed E-state index contributed by atoms with van der Waals surface area (Å²) in [4.78, 5) is 0. The van der Waals surface area contributed by atoms with Gasteiger partial charge in [-0.2, -0.15) is 0 Å². The van der Waals surface area contributed by atoms with Crippen molar-refractivity contribution in [1.82, 2.24) is 0 Å². The van der Waals surface area contributed by atoms with Crippen molar-refractivity contribution in [3.63, 3.8) is 0 Å². The molecule has 0 N–H and O–H groups in total. The van der Waals surface area contributed by atoms with E-state index < -0.39 is 0 Å². The van der Waals surface area contributed by atoms with E-state index in [2.05, 4.69) is 44.9 Å². The van der Waals surface area contributed by atoms with Gasteiger partial charge >= 0.3 is 0 Å². The molecule has 0 aliphatic carbocycles. The first kappa shape index (κ1) is 14.6. The Labute approximate surface area is 112 Å². The predicted octanol–water partition coefficient (Wildman–Crippen LogP) is 4.69. The standard InChI is InChI=1S/C17H24O/c1-5-8-15(9-6-2)16-13-14(4)10-11-17(16)18-12-7-3/h1,10-11,13,15H,6-9,12H2,2-4H3. The van der Waals surface area contributed by atoms with Crippen LogP contribution < -0.4 is 4.74 Å². The maximum absolute atomic E-state index is 5.85. The second-order valence-corrected chi connectivity index (χ2v) is 4.78. The zero-order valence-electron chi connectivity index (χ0n) is 11.8. The van der Waals surface area contributed by atoms with Crippen LogP contribution in [0.1, 0.15) is 56.6 Å². The lowest BCUT2D eigenvalue weighted by molar-refractivity contribution is 0.311. The molecule has 0 aliphatic rings. The summed E-state index contributed by atoms with van der Waals surface area (Å²) < 4.78 is 5.85. The highest BCUT2D eigenvalue weighted by Gasteiger charge is 2.15. The molecule has 98 valence electrons. The molecule has 0 bridgehead atoms. The largest absolute Gasteiger partial charge is 0.493 e. The Balaban J connectivity index is 3.00. The van der Waals surface area contributed by atoms with E-state index in [9.17, 15) is 0 Å². The molecule has 1 aromatic carbocycles. The van der Waals surface area contributed by atoms with E-state index in [0.29, 0.717) is 5.92 Å². The van der Waals surface area contributed by atoms with Gasteiger partial charge in [-0.25, -0.2) is 0 Å². The third kappa shape index (κ3) is 4.11. The first-order chi connectivity index (χ1) is 8.72. The molecule has 0 radical (unpaired) electrons. The van der Waals surface area contributed by atoms with Crippen LogP contribution in [0.25, 0.3) is 0 Å². The van der Waals surface area contributed by atoms with Crippen LogP contribution in [-0.2, 0) is 0 Å². The van der Waals surface area contributed by atoms with Crippen LogP contribution in [0.5, 0.6) is 5.75 Å². The van der Waals surface area contributed by atoms with Gasteiger partial charge in [0.25, 0.3) is 0 Å². The highest BCUT2D eigenvalue weighted by Crippen LogP contribution is 2.33. The molecular formula is C17H24O. The third-order valence-electron chi connectivity index (χ3n) is 3.07. The van der Waals surface area contributed by atoms with Crippen LogP contribution in [0, 0.1) is 19.3 Å². The van der Waals surface area contributed by atoms with Crippen molar-refractivity contribution in [3.05, 3.63) is 29.3 Å². The Kier molecular flexibility index (Phi) is 6.36. The minimum atomic E-state index is 0.423. The molecule has 1 atom stereocenters. The molecule has 18 heavy (non-hydrogen) atoms. The molecule has 0 saturated carbocycles. The monoisotopic (exact) mass is 244 g/mol. The zero-order valence-corrected chi connectivity index (χ0v) is 11.8. The normalized spacial score (nSPS) is 11.9. The van der Waals surface area contributed by atoms with E-state index >= 15 is 0 Å². The van der Waals surface area contributed by atoms with Gasteiger partial charge in [0.05, 0.1) is 6.61 Å². The van der Waals surface area contributed by atoms with Crippen molar-refractivity contribution < 1.29 is 4.74 Å². The Hall–Kier alpha value is -1.42. The first-order valence-corrected chi connectivity index (χ1v) is 6.89. The minimum Gasteiger partial charge on any atom is -0.493 e. The molecule has 1 unspecified atom stereocenters. The average Bonchev–Trinajstić information content (AvgIpc) is 2.37. The van der Waals surface area contributed by atoms with Crippen LogP contribution >= 0.6 is 0 Å². The fourth-order valence-electron chi connectivity index (χ4n) is 2.19. The summed E-state index contributed by atoms with van der Waals surface area (Å²) in [6, 6.07) is 6.41. The Morgan fingerprint density at radius 1 is 1.28 bits per heavy atom. The zero-order chi connectivity index (χ0) is 13.4. The van der Waals surface area contributed by atoms with Gasteiger partial charge in [0.2, 0.25) is 0 Å². The van der Waals surface area contributed by atoms with E-state index in [1.54, 1.807) is 0 Å². The van der Waals surface area contributed by atoms with Gasteiger partial charge < -0.3 is 4.74 Å². The maximum Gasteiger partial charge on any atom is 0.122 e. The third-order valence-corrected chi connectivity index (χ3v) is 3.07. The Bertz CT molecular complexity index is 401. The Morgan fingerprint density at radius 2 is 2.06 bits per heavy atom. The fraction of sp³-hybridized carbons (Fsp3) is 0.529. The predicted molar refractivity (Wildman–Crippen MR) is 78.1 cm³/mol. The molecule has 0 spiro atoms. The molecule has 1 heteroatoms. The van der Waals surface area contributed by atoms with Crippen LogP contribution in [0.4, 0.5) is 0 Å². The summed E-state index contributed by atoms with van der Waals surface area (Å²) in [6.45, 7) is 7.21. The van der Waals surface area contributed by atoms with Crippen molar-refractivity contribution in [1.29, 1.82) is 0 Å². The van der Waals surface area contributed by atoms with Gasteiger partial charge in [-0.05, 0) is 37.3 Å². The summed E-state index contributed by atoms with van der Waals surface area (Å²) in [5, 5.41) is 0. The van der Waals surface area contributed by atoms with Crippen LogP contribution in [0.15, 0.2) is 18.2 Å². The van der Waals surface area contributed by atoms with Crippen LogP contribution in [-0.4, -0.2) is 6.61 Å². The van der Waals surface area contributed by atoms with Gasteiger partial charge in [0.1, 0.15) is 5.75 Å². The lowest BCUT2D eigenvalue weighted by atomic mass is 9.90. The lowest BCUT2D eigenvalue weighted by Gasteiger charge is -2.19. The molecule has 1 rings (SSSR count). The number of ether oxygens (including phenoxy) is 1. The number of rotatable bonds is 7. The SMILES string of the molecule is C#CCC(CCC)c1cc(C)ccc1OCCC. The number of benzene rings is 1. The van der Waals surface area contributed by atoms with Crippen molar-refractivity contribution in [2.75, 3.05) is 6.61 Å². The van der Waals surface area contributed by atoms with E-state index in [4.69, 9.17) is 11.2 Å². The number of terminal acetylenes is 1. The van der Waals surface area contributed by atoms with E-state index in [1.807, 2.05) is 0 Å². The summed E-state index contributed by atoms with van der Waals surface area (Å²) >= 11 is 0. The topological polar surface area (TPSA) is 9.23 Å². The van der Waals surface area contributed by atoms with Crippen LogP contribution in [0.3, 0.4) is 0 Å². The van der Waals surface area contributed by atoms with Gasteiger partial charge in [0, 0.05) is 6.42 Å². The quantitative estimate of drug-likeness (QED) is 0.632. The molecule has 0 aromatic heterocycles. The van der Waals surface area contributed by atoms with Crippen molar-refractivity contribution in [2.45, 2.75) is 52.4 Å². The smallest absolute Gasteiger partial charge is 0.122 e. The van der Waals surface area contributed by atoms with E-state index in [-0.39, 0.29) is 0 Å². The number of hydrogen-bond donors (Lipinski definition) is 0. The summed E-state index contributed by atoms with van der Waals surface area (Å²) in [7, 11) is 0. The highest BCUT2D eigenvalue weighted by atomic mass is 16.5. The molecular weight excluding hydrogens is 220 g/mol. The summed E-state index contributed by atoms with van der Waals surface area (Å²) in [6.07, 6.45) is 9.58. The van der Waals surface area contributed by atoms with Gasteiger partial charge in [-0.3, -0.25) is 0 Å². The molecule has 0 amide bonds. The molecule has 0 heterocycles. The van der Waals surface area contributed by atoms with Crippen molar-refractivity contribution in [3.8, 4) is 18.1 Å². The first-order valence-electron chi connectivity index (χ1n) is 6.89. The number of hydrogen-bond acceptors (Lipinski definition) is 1. The molecule has 0 fully saturated rings. The van der Waals surface area contributed by atoms with Gasteiger partial charge in [0.15, 0.2) is 0 Å². The van der Waals surface area contributed by atoms with E-state index in [1.165, 1.54) is 11.1 Å². The number of aryl methyl sites for hydroxylation is 1. The molecule has 0 saturated heterocycles. The lowest BCUT2D eigenvalue weighted by Crippen LogP contribution is -2.04. The molecule has 1 aromatic rings. The van der Waals surface area contributed by atoms with E-state index in [0.717, 1.165) is 38.0 Å². The second-order valence-electron chi connectivity index (χ2n) is 4.78. The minimum absolute atomic E-state index is 0.423. The highest BCUT2D eigenvalue weighted by molar-refractivity contribution is 5.40. The average molecular weight is 244 g/mol. The van der Waals surface area contributed by atoms with Gasteiger partial charge in [-0.15, -0.1) is 12.3 Å². The van der Waals surface area contributed by atoms with Gasteiger partial charge in [-0.1, -0.05) is 38.0 Å². The fourth-order valence-corrected chi connectivity index (χ4v) is 2.19. The maximum atomic E-state index is 5.85. The van der Waals surface area contributed by atoms with Crippen molar-refractivity contribution >= 4 is 0 Å².